The van der Waals surface area contributed by atoms with Gasteiger partial charge in [0.25, 0.3) is 5.91 Å². The summed E-state index contributed by atoms with van der Waals surface area (Å²) >= 11 is 6.16. The highest BCUT2D eigenvalue weighted by molar-refractivity contribution is 6.31. The fourth-order valence-electron chi connectivity index (χ4n) is 3.47. The molecule has 8 nitrogen and oxygen atoms in total. The zero-order valence-corrected chi connectivity index (χ0v) is 17.2. The average molecular weight is 420 g/mol. The second-order valence-electron chi connectivity index (χ2n) is 6.85. The number of benzene rings is 2. The van der Waals surface area contributed by atoms with Crippen LogP contribution in [-0.2, 0) is 0 Å². The number of hydrogen-bond acceptors (Lipinski definition) is 5. The first-order chi connectivity index (χ1) is 13.9. The molecule has 0 unspecified atom stereocenters. The molecule has 154 valence electrons. The zero-order valence-electron chi connectivity index (χ0n) is 16.4. The Morgan fingerprint density at radius 3 is 2.62 bits per heavy atom. The number of methoxy groups -OCH3 is 1. The number of hydrogen-bond donors (Lipinski definition) is 2. The van der Waals surface area contributed by atoms with Crippen molar-refractivity contribution in [3.8, 4) is 5.75 Å². The van der Waals surface area contributed by atoms with Crippen molar-refractivity contribution in [1.82, 2.24) is 0 Å². The van der Waals surface area contributed by atoms with Crippen molar-refractivity contribution in [3.63, 3.8) is 0 Å². The number of nitro groups is 1. The molecular weight excluding hydrogens is 396 g/mol. The van der Waals surface area contributed by atoms with Crippen LogP contribution >= 0.6 is 11.6 Å². The Morgan fingerprint density at radius 2 is 2.00 bits per heavy atom. The van der Waals surface area contributed by atoms with Crippen molar-refractivity contribution in [2.45, 2.75) is 6.92 Å². The largest absolute Gasteiger partial charge is 0.490 e. The molecule has 2 aromatic rings. The van der Waals surface area contributed by atoms with Crippen LogP contribution in [-0.4, -0.2) is 50.7 Å². The van der Waals surface area contributed by atoms with E-state index in [1.54, 1.807) is 17.0 Å². The molecule has 2 N–H and O–H groups in total. The summed E-state index contributed by atoms with van der Waals surface area (Å²) in [5.74, 6) is -0.344. The monoisotopic (exact) mass is 419 g/mol. The molecule has 0 atom stereocenters. The molecule has 2 aromatic carbocycles. The smallest absolute Gasteiger partial charge is 0.311 e. The Kier molecular flexibility index (Phi) is 6.56. The van der Waals surface area contributed by atoms with Crippen molar-refractivity contribution in [3.05, 3.63) is 57.1 Å². The maximum Gasteiger partial charge on any atom is 0.311 e. The van der Waals surface area contributed by atoms with E-state index in [0.29, 0.717) is 10.7 Å². The fourth-order valence-corrected chi connectivity index (χ4v) is 3.64. The van der Waals surface area contributed by atoms with Gasteiger partial charge in [0.05, 0.1) is 56.1 Å². The number of anilines is 2. The lowest BCUT2D eigenvalue weighted by Gasteiger charge is -2.34. The van der Waals surface area contributed by atoms with Crippen LogP contribution in [0, 0.1) is 10.1 Å². The van der Waals surface area contributed by atoms with Crippen LogP contribution in [0.1, 0.15) is 17.3 Å². The van der Waals surface area contributed by atoms with Gasteiger partial charge in [0, 0.05) is 16.7 Å². The quantitative estimate of drug-likeness (QED) is 0.553. The van der Waals surface area contributed by atoms with E-state index in [1.807, 2.05) is 6.07 Å². The summed E-state index contributed by atoms with van der Waals surface area (Å²) in [5.41, 5.74) is 1.38. The van der Waals surface area contributed by atoms with E-state index in [0.717, 1.165) is 38.4 Å². The van der Waals surface area contributed by atoms with Crippen molar-refractivity contribution in [1.29, 1.82) is 0 Å². The maximum atomic E-state index is 12.8. The molecule has 0 bridgehead atoms. The summed E-state index contributed by atoms with van der Waals surface area (Å²) in [6.45, 7) is 7.07. The van der Waals surface area contributed by atoms with E-state index >= 15 is 0 Å². The minimum atomic E-state index is -0.573. The lowest BCUT2D eigenvalue weighted by Crippen LogP contribution is -3.14. The average Bonchev–Trinajstić information content (AvgIpc) is 2.73. The number of likely N-dealkylation sites (N-methyl/N-ethyl adjacent to an activating group) is 1. The van der Waals surface area contributed by atoms with Crippen LogP contribution in [0.15, 0.2) is 36.4 Å². The molecule has 1 aliphatic heterocycles. The van der Waals surface area contributed by atoms with E-state index in [-0.39, 0.29) is 17.0 Å². The molecule has 1 aliphatic rings. The first-order valence-electron chi connectivity index (χ1n) is 9.44. The van der Waals surface area contributed by atoms with Crippen LogP contribution in [0.2, 0.25) is 5.02 Å². The predicted molar refractivity (Wildman–Crippen MR) is 113 cm³/mol. The van der Waals surface area contributed by atoms with Gasteiger partial charge in [-0.1, -0.05) is 11.6 Å². The highest BCUT2D eigenvalue weighted by atomic mass is 35.5. The molecular formula is C20H24ClN4O4+. The maximum absolute atomic E-state index is 12.8. The molecule has 0 radical (unpaired) electrons. The Bertz CT molecular complexity index is 913. The number of carbonyl (C=O) groups is 1. The van der Waals surface area contributed by atoms with Gasteiger partial charge in [-0.3, -0.25) is 14.9 Å². The Hall–Kier alpha value is -2.84. The molecule has 0 spiro atoms. The molecule has 0 saturated carbocycles. The Morgan fingerprint density at radius 1 is 1.28 bits per heavy atom. The van der Waals surface area contributed by atoms with Crippen molar-refractivity contribution in [2.75, 3.05) is 50.1 Å². The number of ether oxygens (including phenoxy) is 1. The molecule has 3 rings (SSSR count). The number of nitro benzene ring substituents is 1. The number of nitrogens with one attached hydrogen (secondary N) is 2. The van der Waals surface area contributed by atoms with E-state index in [4.69, 9.17) is 16.3 Å². The van der Waals surface area contributed by atoms with E-state index in [1.165, 1.54) is 25.3 Å². The zero-order chi connectivity index (χ0) is 21.0. The number of rotatable bonds is 6. The van der Waals surface area contributed by atoms with Crippen LogP contribution in [0.3, 0.4) is 0 Å². The Labute approximate surface area is 174 Å². The molecule has 1 saturated heterocycles. The summed E-state index contributed by atoms with van der Waals surface area (Å²) in [4.78, 5) is 27.2. The molecule has 1 fully saturated rings. The van der Waals surface area contributed by atoms with E-state index < -0.39 is 10.8 Å². The SMILES string of the molecule is CC[NH+]1CCN(c2ccc(Cl)cc2NC(=O)c2ccc(OC)c([N+](=O)[O-])c2)CC1. The minimum Gasteiger partial charge on any atom is -0.490 e. The third-order valence-corrected chi connectivity index (χ3v) is 5.39. The Balaban J connectivity index is 1.85. The third kappa shape index (κ3) is 4.78. The first-order valence-corrected chi connectivity index (χ1v) is 9.82. The molecule has 9 heteroatoms. The van der Waals surface area contributed by atoms with Gasteiger partial charge in [0.15, 0.2) is 5.75 Å². The standard InChI is InChI=1S/C20H23ClN4O4/c1-3-23-8-10-24(11-9-23)17-6-5-15(21)13-16(17)22-20(26)14-4-7-19(29-2)18(12-14)25(27)28/h4-7,12-13H,3,8-11H2,1-2H3,(H,22,26)/p+1. The van der Waals surface area contributed by atoms with Crippen LogP contribution in [0.25, 0.3) is 0 Å². The van der Waals surface area contributed by atoms with Gasteiger partial charge >= 0.3 is 5.69 Å². The van der Waals surface area contributed by atoms with Gasteiger partial charge < -0.3 is 19.9 Å². The lowest BCUT2D eigenvalue weighted by molar-refractivity contribution is -0.898. The van der Waals surface area contributed by atoms with Gasteiger partial charge in [-0.25, -0.2) is 0 Å². The van der Waals surface area contributed by atoms with Gasteiger partial charge in [-0.05, 0) is 37.3 Å². The molecule has 29 heavy (non-hydrogen) atoms. The summed E-state index contributed by atoms with van der Waals surface area (Å²) in [6, 6.07) is 9.51. The number of piperazine rings is 1. The van der Waals surface area contributed by atoms with Crippen LogP contribution in [0.5, 0.6) is 5.75 Å². The first kappa shape index (κ1) is 20.9. The van der Waals surface area contributed by atoms with Crippen LogP contribution in [0.4, 0.5) is 17.1 Å². The second-order valence-corrected chi connectivity index (χ2v) is 7.29. The van der Waals surface area contributed by atoms with Gasteiger partial charge in [0.2, 0.25) is 0 Å². The second kappa shape index (κ2) is 9.11. The number of quaternary nitrogens is 1. The van der Waals surface area contributed by atoms with E-state index in [9.17, 15) is 14.9 Å². The highest BCUT2D eigenvalue weighted by Gasteiger charge is 2.23. The molecule has 1 amide bonds. The lowest BCUT2D eigenvalue weighted by atomic mass is 10.1. The van der Waals surface area contributed by atoms with Crippen molar-refractivity contribution < 1.29 is 19.4 Å². The van der Waals surface area contributed by atoms with Crippen LogP contribution < -0.4 is 19.9 Å². The molecule has 1 heterocycles. The summed E-state index contributed by atoms with van der Waals surface area (Å²) in [7, 11) is 1.35. The fraction of sp³-hybridized carbons (Fsp3) is 0.350. The normalized spacial score (nSPS) is 14.5. The predicted octanol–water partition coefficient (Wildman–Crippen LogP) is 2.23. The van der Waals surface area contributed by atoms with Crippen molar-refractivity contribution in [2.24, 2.45) is 0 Å². The topological polar surface area (TPSA) is 89.2 Å². The summed E-state index contributed by atoms with van der Waals surface area (Å²) in [6.07, 6.45) is 0. The molecule has 0 aliphatic carbocycles. The highest BCUT2D eigenvalue weighted by Crippen LogP contribution is 2.31. The van der Waals surface area contributed by atoms with Gasteiger partial charge in [-0.15, -0.1) is 0 Å². The number of nitrogens with zero attached hydrogens (tertiary/aromatic N) is 2. The summed E-state index contributed by atoms with van der Waals surface area (Å²) < 4.78 is 4.99. The van der Waals surface area contributed by atoms with Crippen molar-refractivity contribution >= 4 is 34.6 Å². The summed E-state index contributed by atoms with van der Waals surface area (Å²) in [5, 5.41) is 14.6. The van der Waals surface area contributed by atoms with Gasteiger partial charge in [-0.2, -0.15) is 0 Å². The van der Waals surface area contributed by atoms with Gasteiger partial charge in [0.1, 0.15) is 0 Å². The number of halogens is 1. The molecule has 0 aromatic heterocycles. The van der Waals surface area contributed by atoms with E-state index in [2.05, 4.69) is 17.1 Å². The number of amides is 1. The number of carbonyl (C=O) groups excluding carboxylic acids is 1. The third-order valence-electron chi connectivity index (χ3n) is 5.16. The minimum absolute atomic E-state index is 0.103.